The van der Waals surface area contributed by atoms with Crippen LogP contribution in [0, 0.1) is 5.82 Å². The van der Waals surface area contributed by atoms with Crippen molar-refractivity contribution in [2.24, 2.45) is 5.73 Å². The van der Waals surface area contributed by atoms with E-state index in [0.717, 1.165) is 23.5 Å². The molecule has 0 saturated carbocycles. The minimum absolute atomic E-state index is 0.182. The molecule has 0 fully saturated rings. The van der Waals surface area contributed by atoms with E-state index in [1.165, 1.54) is 6.20 Å². The minimum atomic E-state index is -4.65. The van der Waals surface area contributed by atoms with E-state index >= 15 is 0 Å². The number of aromatic nitrogens is 1. The van der Waals surface area contributed by atoms with Gasteiger partial charge in [0, 0.05) is 11.6 Å². The fourth-order valence-corrected chi connectivity index (χ4v) is 2.22. The quantitative estimate of drug-likeness (QED) is 0.854. The Morgan fingerprint density at radius 2 is 2.00 bits per heavy atom. The van der Waals surface area contributed by atoms with Crippen LogP contribution < -0.4 is 5.73 Å². The molecular formula is C11H8F4N2S. The van der Waals surface area contributed by atoms with Gasteiger partial charge in [-0.25, -0.2) is 9.37 Å². The van der Waals surface area contributed by atoms with Crippen molar-refractivity contribution in [2.45, 2.75) is 12.2 Å². The van der Waals surface area contributed by atoms with Crippen molar-refractivity contribution in [1.82, 2.24) is 4.98 Å². The molecule has 0 radical (unpaired) electrons. The maximum absolute atomic E-state index is 12.9. The van der Waals surface area contributed by atoms with Gasteiger partial charge in [0.2, 0.25) is 0 Å². The molecule has 1 aromatic heterocycles. The number of nitrogens with zero attached hydrogens (tertiary/aromatic N) is 1. The van der Waals surface area contributed by atoms with Gasteiger partial charge >= 0.3 is 6.18 Å². The Morgan fingerprint density at radius 1 is 1.28 bits per heavy atom. The van der Waals surface area contributed by atoms with Gasteiger partial charge in [-0.1, -0.05) is 6.07 Å². The fraction of sp³-hybridized carbons (Fsp3) is 0.182. The fourth-order valence-electron chi connectivity index (χ4n) is 1.57. The van der Waals surface area contributed by atoms with Gasteiger partial charge in [-0.15, -0.1) is 11.3 Å². The monoisotopic (exact) mass is 276 g/mol. The van der Waals surface area contributed by atoms with Crippen LogP contribution in [0.4, 0.5) is 17.6 Å². The Labute approximate surface area is 104 Å². The third-order valence-electron chi connectivity index (χ3n) is 2.37. The second kappa shape index (κ2) is 4.66. The predicted octanol–water partition coefficient (Wildman–Crippen LogP) is 3.35. The number of rotatable bonds is 2. The van der Waals surface area contributed by atoms with Crippen LogP contribution in [0.1, 0.15) is 22.2 Å². The Balaban J connectivity index is 2.51. The molecule has 2 aromatic rings. The second-order valence-electron chi connectivity index (χ2n) is 3.58. The summed E-state index contributed by atoms with van der Waals surface area (Å²) < 4.78 is 51.3. The number of hydrogen-bond acceptors (Lipinski definition) is 3. The van der Waals surface area contributed by atoms with Gasteiger partial charge in [0.1, 0.15) is 10.8 Å². The van der Waals surface area contributed by atoms with Gasteiger partial charge in [0.05, 0.1) is 11.6 Å². The van der Waals surface area contributed by atoms with E-state index in [0.29, 0.717) is 11.1 Å². The van der Waals surface area contributed by atoms with Crippen LogP contribution in [-0.4, -0.2) is 4.98 Å². The van der Waals surface area contributed by atoms with E-state index in [2.05, 4.69) is 4.98 Å². The summed E-state index contributed by atoms with van der Waals surface area (Å²) in [4.78, 5) is 3.87. The summed E-state index contributed by atoms with van der Waals surface area (Å²) in [7, 11) is 0. The topological polar surface area (TPSA) is 38.9 Å². The summed E-state index contributed by atoms with van der Waals surface area (Å²) in [5.74, 6) is -0.947. The second-order valence-corrected chi connectivity index (χ2v) is 4.50. The van der Waals surface area contributed by atoms with E-state index < -0.39 is 23.6 Å². The van der Waals surface area contributed by atoms with Crippen molar-refractivity contribution in [3.63, 3.8) is 0 Å². The van der Waals surface area contributed by atoms with Gasteiger partial charge in [0.25, 0.3) is 0 Å². The molecular weight excluding hydrogens is 268 g/mol. The molecule has 1 atom stereocenters. The van der Waals surface area contributed by atoms with E-state index in [4.69, 9.17) is 5.73 Å². The van der Waals surface area contributed by atoms with Gasteiger partial charge < -0.3 is 5.73 Å². The third-order valence-corrected chi connectivity index (χ3v) is 3.23. The lowest BCUT2D eigenvalue weighted by atomic mass is 10.0. The van der Waals surface area contributed by atoms with Crippen molar-refractivity contribution in [3.8, 4) is 0 Å². The summed E-state index contributed by atoms with van der Waals surface area (Å²) in [6, 6.07) is 1.44. The maximum atomic E-state index is 12.9. The first-order valence-electron chi connectivity index (χ1n) is 4.91. The highest BCUT2D eigenvalue weighted by Gasteiger charge is 2.35. The molecule has 1 heterocycles. The molecule has 7 heteroatoms. The largest absolute Gasteiger partial charge is 0.416 e. The van der Waals surface area contributed by atoms with Crippen molar-refractivity contribution in [3.05, 3.63) is 51.7 Å². The first-order chi connectivity index (χ1) is 8.39. The van der Waals surface area contributed by atoms with Gasteiger partial charge in [-0.05, 0) is 17.7 Å². The molecule has 1 unspecified atom stereocenters. The number of halogens is 4. The molecule has 2 nitrogen and oxygen atoms in total. The van der Waals surface area contributed by atoms with Crippen molar-refractivity contribution in [1.29, 1.82) is 0 Å². The minimum Gasteiger partial charge on any atom is -0.318 e. The first-order valence-corrected chi connectivity index (χ1v) is 5.79. The SMILES string of the molecule is NC(c1nccs1)c1ccc(F)cc1C(F)(F)F. The Morgan fingerprint density at radius 3 is 2.56 bits per heavy atom. The molecule has 96 valence electrons. The van der Waals surface area contributed by atoms with Crippen LogP contribution in [-0.2, 0) is 6.18 Å². The van der Waals surface area contributed by atoms with E-state index in [1.807, 2.05) is 0 Å². The van der Waals surface area contributed by atoms with Crippen LogP contribution in [0.25, 0.3) is 0 Å². The average Bonchev–Trinajstić information content (AvgIpc) is 2.80. The van der Waals surface area contributed by atoms with Crippen molar-refractivity contribution < 1.29 is 17.6 Å². The summed E-state index contributed by atoms with van der Waals surface area (Å²) in [5.41, 5.74) is 4.49. The van der Waals surface area contributed by atoms with Crippen LogP contribution in [0.15, 0.2) is 29.8 Å². The highest BCUT2D eigenvalue weighted by molar-refractivity contribution is 7.09. The molecule has 0 amide bonds. The number of thiazole rings is 1. The Hall–Kier alpha value is -1.47. The van der Waals surface area contributed by atoms with Crippen LogP contribution in [0.2, 0.25) is 0 Å². The predicted molar refractivity (Wildman–Crippen MR) is 59.5 cm³/mol. The van der Waals surface area contributed by atoms with E-state index in [1.54, 1.807) is 5.38 Å². The lowest BCUT2D eigenvalue weighted by Crippen LogP contribution is -2.18. The lowest BCUT2D eigenvalue weighted by molar-refractivity contribution is -0.138. The Bertz CT molecular complexity index is 536. The maximum Gasteiger partial charge on any atom is 0.416 e. The standard InChI is InChI=1S/C11H8F4N2S/c12-6-1-2-7(8(5-6)11(13,14)15)9(16)10-17-3-4-18-10/h1-5,9H,16H2. The number of alkyl halides is 3. The van der Waals surface area contributed by atoms with Gasteiger partial charge in [0.15, 0.2) is 0 Å². The van der Waals surface area contributed by atoms with Crippen molar-refractivity contribution >= 4 is 11.3 Å². The lowest BCUT2D eigenvalue weighted by Gasteiger charge is -2.16. The molecule has 1 aromatic carbocycles. The highest BCUT2D eigenvalue weighted by atomic mass is 32.1. The smallest absolute Gasteiger partial charge is 0.318 e. The normalized spacial score (nSPS) is 13.6. The van der Waals surface area contributed by atoms with E-state index in [-0.39, 0.29) is 5.56 Å². The summed E-state index contributed by atoms with van der Waals surface area (Å²) in [6.07, 6.45) is -3.19. The zero-order valence-corrected chi connectivity index (χ0v) is 9.73. The summed E-state index contributed by atoms with van der Waals surface area (Å²) >= 11 is 1.15. The van der Waals surface area contributed by atoms with Crippen LogP contribution in [0.3, 0.4) is 0 Å². The number of nitrogens with two attached hydrogens (primary N) is 1. The molecule has 2 N–H and O–H groups in total. The summed E-state index contributed by atoms with van der Waals surface area (Å²) in [6.45, 7) is 0. The molecule has 0 spiro atoms. The molecule has 2 rings (SSSR count). The zero-order valence-electron chi connectivity index (χ0n) is 8.91. The number of hydrogen-bond donors (Lipinski definition) is 1. The zero-order chi connectivity index (χ0) is 13.3. The van der Waals surface area contributed by atoms with E-state index in [9.17, 15) is 17.6 Å². The molecule has 18 heavy (non-hydrogen) atoms. The molecule has 0 aliphatic carbocycles. The highest BCUT2D eigenvalue weighted by Crippen LogP contribution is 2.36. The third kappa shape index (κ3) is 2.51. The van der Waals surface area contributed by atoms with Gasteiger partial charge in [-0.3, -0.25) is 0 Å². The molecule has 0 saturated heterocycles. The molecule has 0 aliphatic heterocycles. The van der Waals surface area contributed by atoms with Crippen LogP contribution in [0.5, 0.6) is 0 Å². The van der Waals surface area contributed by atoms with Crippen molar-refractivity contribution in [2.75, 3.05) is 0 Å². The molecule has 0 aliphatic rings. The summed E-state index contributed by atoms with van der Waals surface area (Å²) in [5, 5.41) is 1.97. The van der Waals surface area contributed by atoms with Gasteiger partial charge in [-0.2, -0.15) is 13.2 Å². The van der Waals surface area contributed by atoms with Crippen LogP contribution >= 0.6 is 11.3 Å². The number of benzene rings is 1. The Kier molecular flexibility index (Phi) is 3.36. The molecule has 0 bridgehead atoms. The first kappa shape index (κ1) is 13.0. The average molecular weight is 276 g/mol.